The Morgan fingerprint density at radius 1 is 1.42 bits per heavy atom. The number of hydrogen-bond donors (Lipinski definition) is 1. The van der Waals surface area contributed by atoms with Crippen molar-refractivity contribution in [1.82, 2.24) is 0 Å². The standard InChI is InChI=1S/C14H17NO4/c1-15-12-6-5-11(19-8-7-14(17)18)9-10(12)3-2-4-13(15)16/h5-6,9H,2-4,7-8H2,1H3,(H,17,18). The molecule has 0 radical (unpaired) electrons. The number of ether oxygens (including phenoxy) is 1. The van der Waals surface area contributed by atoms with Gasteiger partial charge in [0.15, 0.2) is 0 Å². The van der Waals surface area contributed by atoms with Crippen molar-refractivity contribution in [1.29, 1.82) is 0 Å². The molecule has 2 rings (SSSR count). The highest BCUT2D eigenvalue weighted by atomic mass is 16.5. The van der Waals surface area contributed by atoms with Crippen molar-refractivity contribution in [2.45, 2.75) is 25.7 Å². The minimum absolute atomic E-state index is 0.0184. The minimum Gasteiger partial charge on any atom is -0.493 e. The van der Waals surface area contributed by atoms with Crippen molar-refractivity contribution in [2.24, 2.45) is 0 Å². The lowest BCUT2D eigenvalue weighted by Gasteiger charge is -2.18. The van der Waals surface area contributed by atoms with Crippen LogP contribution in [0.25, 0.3) is 0 Å². The van der Waals surface area contributed by atoms with E-state index in [1.165, 1.54) is 0 Å². The van der Waals surface area contributed by atoms with Gasteiger partial charge in [-0.1, -0.05) is 0 Å². The summed E-state index contributed by atoms with van der Waals surface area (Å²) in [5.41, 5.74) is 1.98. The second-order valence-electron chi connectivity index (χ2n) is 4.59. The maximum atomic E-state index is 11.7. The van der Waals surface area contributed by atoms with Crippen molar-refractivity contribution in [3.8, 4) is 5.75 Å². The molecule has 0 spiro atoms. The number of hydrogen-bond acceptors (Lipinski definition) is 3. The van der Waals surface area contributed by atoms with Crippen LogP contribution in [0, 0.1) is 0 Å². The van der Waals surface area contributed by atoms with Gasteiger partial charge in [0.1, 0.15) is 5.75 Å². The number of amides is 1. The van der Waals surface area contributed by atoms with Crippen molar-refractivity contribution < 1.29 is 19.4 Å². The zero-order valence-electron chi connectivity index (χ0n) is 10.9. The van der Waals surface area contributed by atoms with E-state index in [4.69, 9.17) is 9.84 Å². The van der Waals surface area contributed by atoms with E-state index in [9.17, 15) is 9.59 Å². The number of benzene rings is 1. The maximum absolute atomic E-state index is 11.7. The highest BCUT2D eigenvalue weighted by Gasteiger charge is 2.19. The summed E-state index contributed by atoms with van der Waals surface area (Å²) in [6.07, 6.45) is 2.20. The van der Waals surface area contributed by atoms with Crippen LogP contribution in [0.15, 0.2) is 18.2 Å². The molecule has 5 heteroatoms. The molecule has 0 unspecified atom stereocenters. The van der Waals surface area contributed by atoms with Crippen LogP contribution in [0.5, 0.6) is 5.75 Å². The summed E-state index contributed by atoms with van der Waals surface area (Å²) in [6, 6.07) is 5.52. The lowest BCUT2D eigenvalue weighted by molar-refractivity contribution is -0.137. The number of aliphatic carboxylic acids is 1. The van der Waals surface area contributed by atoms with Gasteiger partial charge in [0.25, 0.3) is 0 Å². The lowest BCUT2D eigenvalue weighted by Crippen LogP contribution is -2.24. The average Bonchev–Trinajstić information content (AvgIpc) is 2.50. The van der Waals surface area contributed by atoms with Gasteiger partial charge in [-0.25, -0.2) is 0 Å². The molecule has 0 saturated carbocycles. The smallest absolute Gasteiger partial charge is 0.306 e. The van der Waals surface area contributed by atoms with Crippen LogP contribution in [0.4, 0.5) is 5.69 Å². The highest BCUT2D eigenvalue weighted by Crippen LogP contribution is 2.29. The zero-order chi connectivity index (χ0) is 13.8. The van der Waals surface area contributed by atoms with Gasteiger partial charge in [-0.15, -0.1) is 0 Å². The molecular weight excluding hydrogens is 246 g/mol. The first-order chi connectivity index (χ1) is 9.08. The van der Waals surface area contributed by atoms with E-state index in [1.807, 2.05) is 12.1 Å². The fourth-order valence-corrected chi connectivity index (χ4v) is 2.17. The Hall–Kier alpha value is -2.04. The van der Waals surface area contributed by atoms with Gasteiger partial charge in [0.05, 0.1) is 13.0 Å². The summed E-state index contributed by atoms with van der Waals surface area (Å²) < 4.78 is 5.40. The van der Waals surface area contributed by atoms with Crippen molar-refractivity contribution in [3.05, 3.63) is 23.8 Å². The van der Waals surface area contributed by atoms with Crippen LogP contribution in [-0.4, -0.2) is 30.6 Å². The Morgan fingerprint density at radius 3 is 2.95 bits per heavy atom. The maximum Gasteiger partial charge on any atom is 0.306 e. The molecule has 5 nitrogen and oxygen atoms in total. The van der Waals surface area contributed by atoms with Gasteiger partial charge in [0.2, 0.25) is 5.91 Å². The first-order valence-electron chi connectivity index (χ1n) is 6.32. The van der Waals surface area contributed by atoms with Crippen molar-refractivity contribution in [3.63, 3.8) is 0 Å². The molecule has 1 heterocycles. The predicted molar refractivity (Wildman–Crippen MR) is 70.5 cm³/mol. The molecular formula is C14H17NO4. The van der Waals surface area contributed by atoms with Gasteiger partial charge < -0.3 is 14.7 Å². The number of aryl methyl sites for hydroxylation is 1. The molecule has 0 aliphatic carbocycles. The second kappa shape index (κ2) is 5.73. The van der Waals surface area contributed by atoms with Crippen LogP contribution in [0.2, 0.25) is 0 Å². The molecule has 1 aromatic carbocycles. The Balaban J connectivity index is 2.12. The number of carbonyl (C=O) groups is 2. The Bertz CT molecular complexity index is 498. The summed E-state index contributed by atoms with van der Waals surface area (Å²) in [5.74, 6) is -0.0962. The summed E-state index contributed by atoms with van der Waals surface area (Å²) in [7, 11) is 1.78. The third kappa shape index (κ3) is 3.24. The first-order valence-corrected chi connectivity index (χ1v) is 6.32. The Labute approximate surface area is 111 Å². The molecule has 1 aliphatic heterocycles. The van der Waals surface area contributed by atoms with E-state index in [-0.39, 0.29) is 18.9 Å². The number of anilines is 1. The van der Waals surface area contributed by atoms with Gasteiger partial charge in [-0.05, 0) is 36.6 Å². The number of carboxylic acids is 1. The number of nitrogens with zero attached hydrogens (tertiary/aromatic N) is 1. The van der Waals surface area contributed by atoms with Crippen LogP contribution in [0.3, 0.4) is 0 Å². The SMILES string of the molecule is CN1C(=O)CCCc2cc(OCCC(=O)O)ccc21. The normalized spacial score (nSPS) is 14.8. The highest BCUT2D eigenvalue weighted by molar-refractivity contribution is 5.94. The molecule has 0 fully saturated rings. The van der Waals surface area contributed by atoms with Gasteiger partial charge in [-0.3, -0.25) is 9.59 Å². The summed E-state index contributed by atoms with van der Waals surface area (Å²) in [5, 5.41) is 8.56. The van der Waals surface area contributed by atoms with Gasteiger partial charge >= 0.3 is 5.97 Å². The number of rotatable bonds is 4. The van der Waals surface area contributed by atoms with Crippen LogP contribution < -0.4 is 9.64 Å². The molecule has 0 bridgehead atoms. The van der Waals surface area contributed by atoms with Crippen LogP contribution in [-0.2, 0) is 16.0 Å². The molecule has 0 aromatic heterocycles. The Kier molecular flexibility index (Phi) is 4.04. The third-order valence-electron chi connectivity index (χ3n) is 3.21. The van der Waals surface area contributed by atoms with Crippen LogP contribution >= 0.6 is 0 Å². The Morgan fingerprint density at radius 2 is 2.21 bits per heavy atom. The van der Waals surface area contributed by atoms with E-state index in [0.717, 1.165) is 24.1 Å². The lowest BCUT2D eigenvalue weighted by atomic mass is 10.1. The molecule has 1 amide bonds. The summed E-state index contributed by atoms with van der Waals surface area (Å²) in [6.45, 7) is 0.156. The molecule has 19 heavy (non-hydrogen) atoms. The summed E-state index contributed by atoms with van der Waals surface area (Å²) >= 11 is 0. The molecule has 1 aromatic rings. The number of carbonyl (C=O) groups excluding carboxylic acids is 1. The minimum atomic E-state index is -0.875. The monoisotopic (exact) mass is 263 g/mol. The fourth-order valence-electron chi connectivity index (χ4n) is 2.17. The van der Waals surface area contributed by atoms with Gasteiger partial charge in [-0.2, -0.15) is 0 Å². The third-order valence-corrected chi connectivity index (χ3v) is 3.21. The first kappa shape index (κ1) is 13.4. The zero-order valence-corrected chi connectivity index (χ0v) is 10.9. The predicted octanol–water partition coefficient (Wildman–Crippen LogP) is 1.84. The summed E-state index contributed by atoms with van der Waals surface area (Å²) in [4.78, 5) is 23.8. The molecule has 0 saturated heterocycles. The molecule has 0 atom stereocenters. The van der Waals surface area contributed by atoms with Crippen molar-refractivity contribution in [2.75, 3.05) is 18.6 Å². The quantitative estimate of drug-likeness (QED) is 0.900. The van der Waals surface area contributed by atoms with E-state index >= 15 is 0 Å². The number of fused-ring (bicyclic) bond motifs is 1. The van der Waals surface area contributed by atoms with E-state index in [1.54, 1.807) is 18.0 Å². The molecule has 1 N–H and O–H groups in total. The van der Waals surface area contributed by atoms with Crippen LogP contribution in [0.1, 0.15) is 24.8 Å². The average molecular weight is 263 g/mol. The second-order valence-corrected chi connectivity index (χ2v) is 4.59. The number of carboxylic acid groups (broad SMARTS) is 1. The van der Waals surface area contributed by atoms with Crippen molar-refractivity contribution >= 4 is 17.6 Å². The molecule has 1 aliphatic rings. The largest absolute Gasteiger partial charge is 0.493 e. The van der Waals surface area contributed by atoms with Gasteiger partial charge in [0, 0.05) is 19.2 Å². The van der Waals surface area contributed by atoms with E-state index in [2.05, 4.69) is 0 Å². The van der Waals surface area contributed by atoms with E-state index in [0.29, 0.717) is 12.2 Å². The fraction of sp³-hybridized carbons (Fsp3) is 0.429. The molecule has 102 valence electrons. The topological polar surface area (TPSA) is 66.8 Å². The van der Waals surface area contributed by atoms with E-state index < -0.39 is 5.97 Å².